The number of hydrogen-bond acceptors (Lipinski definition) is 6. The number of ether oxygens (including phenoxy) is 1. The van der Waals surface area contributed by atoms with Gasteiger partial charge in [0.25, 0.3) is 0 Å². The number of anilines is 1. The van der Waals surface area contributed by atoms with Crippen LogP contribution in [-0.4, -0.2) is 33.1 Å². The minimum absolute atomic E-state index is 0.0193. The third-order valence-corrected chi connectivity index (χ3v) is 4.51. The van der Waals surface area contributed by atoms with Gasteiger partial charge in [0.1, 0.15) is 11.9 Å². The van der Waals surface area contributed by atoms with Crippen LogP contribution in [0.5, 0.6) is 0 Å². The number of thioether (sulfide) groups is 1. The molecule has 1 aliphatic heterocycles. The average Bonchev–Trinajstić information content (AvgIpc) is 2.93. The molecule has 1 saturated heterocycles. The highest BCUT2D eigenvalue weighted by Gasteiger charge is 2.25. The summed E-state index contributed by atoms with van der Waals surface area (Å²) in [7, 11) is 0. The highest BCUT2D eigenvalue weighted by Crippen LogP contribution is 2.33. The monoisotopic (exact) mass is 266 g/mol. The lowest BCUT2D eigenvalue weighted by atomic mass is 10.1. The van der Waals surface area contributed by atoms with Crippen molar-refractivity contribution in [1.29, 1.82) is 0 Å². The Kier molecular flexibility index (Phi) is 3.65. The van der Waals surface area contributed by atoms with E-state index in [0.717, 1.165) is 29.8 Å². The van der Waals surface area contributed by atoms with Gasteiger partial charge in [0, 0.05) is 17.4 Å². The van der Waals surface area contributed by atoms with Crippen molar-refractivity contribution in [2.45, 2.75) is 37.7 Å². The maximum atomic E-state index is 5.81. The summed E-state index contributed by atoms with van der Waals surface area (Å²) in [6.07, 6.45) is 4.85. The summed E-state index contributed by atoms with van der Waals surface area (Å²) in [4.78, 5) is 13.1. The van der Waals surface area contributed by atoms with Gasteiger partial charge < -0.3 is 10.5 Å². The maximum absolute atomic E-state index is 5.81. The summed E-state index contributed by atoms with van der Waals surface area (Å²) in [6.45, 7) is 0.764. The molecule has 1 unspecified atom stereocenters. The van der Waals surface area contributed by atoms with E-state index in [9.17, 15) is 0 Å². The molecule has 1 atom stereocenters. The van der Waals surface area contributed by atoms with Gasteiger partial charge in [0.2, 0.25) is 5.95 Å². The predicted octanol–water partition coefficient (Wildman–Crippen LogP) is 1.92. The summed E-state index contributed by atoms with van der Waals surface area (Å²) >= 11 is 1.88. The minimum atomic E-state index is -0.0193. The molecule has 0 spiro atoms. The molecule has 2 heterocycles. The van der Waals surface area contributed by atoms with Crippen molar-refractivity contribution < 1.29 is 4.74 Å². The van der Waals surface area contributed by atoms with Gasteiger partial charge in [-0.2, -0.15) is 21.7 Å². The number of nitrogens with two attached hydrogens (primary N) is 1. The average molecular weight is 266 g/mol. The fourth-order valence-electron chi connectivity index (χ4n) is 2.57. The van der Waals surface area contributed by atoms with Gasteiger partial charge in [0.05, 0.1) is 6.61 Å². The van der Waals surface area contributed by atoms with Crippen LogP contribution < -0.4 is 5.73 Å². The van der Waals surface area contributed by atoms with Crippen LogP contribution in [0.4, 0.5) is 5.95 Å². The summed E-state index contributed by atoms with van der Waals surface area (Å²) in [5.74, 6) is 4.34. The summed E-state index contributed by atoms with van der Waals surface area (Å²) < 4.78 is 5.71. The van der Waals surface area contributed by atoms with Gasteiger partial charge in [-0.1, -0.05) is 12.8 Å². The summed E-state index contributed by atoms with van der Waals surface area (Å²) in [5.41, 5.74) is 5.81. The maximum Gasteiger partial charge on any atom is 0.223 e. The van der Waals surface area contributed by atoms with Crippen LogP contribution in [0.15, 0.2) is 0 Å². The van der Waals surface area contributed by atoms with E-state index in [0.29, 0.717) is 11.9 Å². The molecule has 0 aromatic carbocycles. The Labute approximate surface area is 111 Å². The molecule has 1 aromatic rings. The van der Waals surface area contributed by atoms with Crippen molar-refractivity contribution in [3.8, 4) is 0 Å². The van der Waals surface area contributed by atoms with E-state index in [1.165, 1.54) is 25.7 Å². The second kappa shape index (κ2) is 5.40. The second-order valence-corrected chi connectivity index (χ2v) is 5.98. The second-order valence-electron chi connectivity index (χ2n) is 4.83. The van der Waals surface area contributed by atoms with E-state index >= 15 is 0 Å². The van der Waals surface area contributed by atoms with Gasteiger partial charge in [0.15, 0.2) is 5.82 Å². The van der Waals surface area contributed by atoms with E-state index in [2.05, 4.69) is 15.0 Å². The number of nitrogen functional groups attached to an aromatic ring is 1. The largest absolute Gasteiger partial charge is 0.368 e. The first-order chi connectivity index (χ1) is 8.83. The molecule has 2 N–H and O–H groups in total. The Morgan fingerprint density at radius 2 is 1.89 bits per heavy atom. The molecule has 18 heavy (non-hydrogen) atoms. The lowest BCUT2D eigenvalue weighted by molar-refractivity contribution is 0.0691. The van der Waals surface area contributed by atoms with Crippen molar-refractivity contribution in [3.05, 3.63) is 11.6 Å². The summed E-state index contributed by atoms with van der Waals surface area (Å²) in [6, 6.07) is 0. The van der Waals surface area contributed by atoms with Gasteiger partial charge in [-0.15, -0.1) is 0 Å². The molecular weight excluding hydrogens is 248 g/mol. The van der Waals surface area contributed by atoms with E-state index in [-0.39, 0.29) is 6.10 Å². The van der Waals surface area contributed by atoms with Crippen molar-refractivity contribution >= 4 is 17.7 Å². The van der Waals surface area contributed by atoms with Crippen LogP contribution >= 0.6 is 11.8 Å². The van der Waals surface area contributed by atoms with E-state index < -0.39 is 0 Å². The van der Waals surface area contributed by atoms with E-state index in [1.807, 2.05) is 11.8 Å². The topological polar surface area (TPSA) is 73.9 Å². The van der Waals surface area contributed by atoms with E-state index in [4.69, 9.17) is 10.5 Å². The Bertz CT molecular complexity index is 417. The first-order valence-corrected chi connectivity index (χ1v) is 7.69. The SMILES string of the molecule is Nc1nc(C2CCCC2)nc(C2CSCCO2)n1. The fourth-order valence-corrected chi connectivity index (χ4v) is 3.41. The molecule has 2 fully saturated rings. The zero-order valence-corrected chi connectivity index (χ0v) is 11.2. The quantitative estimate of drug-likeness (QED) is 0.881. The highest BCUT2D eigenvalue weighted by molar-refractivity contribution is 7.99. The lowest BCUT2D eigenvalue weighted by Crippen LogP contribution is -2.20. The molecule has 2 aliphatic rings. The normalized spacial score (nSPS) is 25.4. The molecule has 1 aliphatic carbocycles. The standard InChI is InChI=1S/C12H18N4OS/c13-12-15-10(8-3-1-2-4-8)14-11(16-12)9-7-18-6-5-17-9/h8-9H,1-7H2,(H2,13,14,15,16). The Balaban J connectivity index is 1.84. The molecule has 98 valence electrons. The predicted molar refractivity (Wildman–Crippen MR) is 71.5 cm³/mol. The Morgan fingerprint density at radius 3 is 2.61 bits per heavy atom. The zero-order chi connectivity index (χ0) is 12.4. The molecule has 1 aromatic heterocycles. The number of nitrogens with zero attached hydrogens (tertiary/aromatic N) is 3. The Morgan fingerprint density at radius 1 is 1.11 bits per heavy atom. The molecule has 0 bridgehead atoms. The number of hydrogen-bond donors (Lipinski definition) is 1. The van der Waals surface area contributed by atoms with Gasteiger partial charge >= 0.3 is 0 Å². The van der Waals surface area contributed by atoms with Crippen LogP contribution in [0, 0.1) is 0 Å². The van der Waals surface area contributed by atoms with Crippen LogP contribution in [0.2, 0.25) is 0 Å². The molecule has 6 heteroatoms. The van der Waals surface area contributed by atoms with Gasteiger partial charge in [-0.25, -0.2) is 4.98 Å². The van der Waals surface area contributed by atoms with Gasteiger partial charge in [-0.3, -0.25) is 0 Å². The van der Waals surface area contributed by atoms with Crippen molar-refractivity contribution in [2.24, 2.45) is 0 Å². The first kappa shape index (κ1) is 12.2. The highest BCUT2D eigenvalue weighted by atomic mass is 32.2. The lowest BCUT2D eigenvalue weighted by Gasteiger charge is -2.21. The molecule has 1 saturated carbocycles. The summed E-state index contributed by atoms with van der Waals surface area (Å²) in [5, 5.41) is 0. The van der Waals surface area contributed by atoms with Crippen LogP contribution in [-0.2, 0) is 4.74 Å². The molecule has 0 radical (unpaired) electrons. The van der Waals surface area contributed by atoms with Crippen molar-refractivity contribution in [2.75, 3.05) is 23.8 Å². The third kappa shape index (κ3) is 2.59. The number of rotatable bonds is 2. The third-order valence-electron chi connectivity index (χ3n) is 3.51. The van der Waals surface area contributed by atoms with Gasteiger partial charge in [-0.05, 0) is 12.8 Å². The molecular formula is C12H18N4OS. The van der Waals surface area contributed by atoms with Crippen LogP contribution in [0.1, 0.15) is 49.4 Å². The fraction of sp³-hybridized carbons (Fsp3) is 0.750. The van der Waals surface area contributed by atoms with Crippen LogP contribution in [0.3, 0.4) is 0 Å². The van der Waals surface area contributed by atoms with Crippen molar-refractivity contribution in [3.63, 3.8) is 0 Å². The van der Waals surface area contributed by atoms with E-state index in [1.54, 1.807) is 0 Å². The Hall–Kier alpha value is -0.880. The van der Waals surface area contributed by atoms with Crippen molar-refractivity contribution in [1.82, 2.24) is 15.0 Å². The molecule has 3 rings (SSSR count). The first-order valence-electron chi connectivity index (χ1n) is 6.53. The molecule has 5 nitrogen and oxygen atoms in total. The minimum Gasteiger partial charge on any atom is -0.368 e. The molecule has 0 amide bonds. The zero-order valence-electron chi connectivity index (χ0n) is 10.3. The smallest absolute Gasteiger partial charge is 0.223 e. The number of aromatic nitrogens is 3. The van der Waals surface area contributed by atoms with Crippen LogP contribution in [0.25, 0.3) is 0 Å².